The minimum Gasteiger partial charge on any atom is -0.496 e. The van der Waals surface area contributed by atoms with Crippen LogP contribution in [-0.2, 0) is 17.9 Å². The van der Waals surface area contributed by atoms with E-state index >= 15 is 0 Å². The zero-order valence-corrected chi connectivity index (χ0v) is 29.8. The van der Waals surface area contributed by atoms with Crippen molar-refractivity contribution in [3.05, 3.63) is 83.0 Å². The first-order chi connectivity index (χ1) is 24.9. The van der Waals surface area contributed by atoms with Crippen molar-refractivity contribution in [3.63, 3.8) is 0 Å². The van der Waals surface area contributed by atoms with Crippen LogP contribution in [-0.4, -0.2) is 72.3 Å². The van der Waals surface area contributed by atoms with Crippen molar-refractivity contribution in [3.8, 4) is 45.5 Å². The molecule has 2 aromatic heterocycles. The molecule has 1 saturated heterocycles. The summed E-state index contributed by atoms with van der Waals surface area (Å²) < 4.78 is 19.2. The van der Waals surface area contributed by atoms with Gasteiger partial charge in [0.15, 0.2) is 0 Å². The summed E-state index contributed by atoms with van der Waals surface area (Å²) in [5, 5.41) is 25.8. The van der Waals surface area contributed by atoms with Gasteiger partial charge in [0.2, 0.25) is 11.8 Å². The summed E-state index contributed by atoms with van der Waals surface area (Å²) in [6, 6.07) is 20.1. The van der Waals surface area contributed by atoms with E-state index in [9.17, 15) is 9.90 Å². The normalized spacial score (nSPS) is 18.5. The number of fused-ring (bicyclic) bond motifs is 1. The highest BCUT2D eigenvalue weighted by atomic mass is 35.5. The Morgan fingerprint density at radius 3 is 2.35 bits per heavy atom. The van der Waals surface area contributed by atoms with Crippen LogP contribution in [0.2, 0.25) is 5.02 Å². The maximum atomic E-state index is 11.5. The van der Waals surface area contributed by atoms with Gasteiger partial charge in [-0.1, -0.05) is 48.0 Å². The van der Waals surface area contributed by atoms with Gasteiger partial charge in [0.1, 0.15) is 11.5 Å². The smallest absolute Gasteiger partial charge is 0.220 e. The molecule has 4 N–H and O–H groups in total. The third kappa shape index (κ3) is 7.25. The minimum atomic E-state index is -0.170. The van der Waals surface area contributed by atoms with Gasteiger partial charge < -0.3 is 35.3 Å². The van der Waals surface area contributed by atoms with Crippen molar-refractivity contribution < 1.29 is 24.1 Å². The molecule has 266 valence electrons. The van der Waals surface area contributed by atoms with Crippen LogP contribution in [0.4, 0.5) is 0 Å². The average Bonchev–Trinajstić information content (AvgIpc) is 3.77. The van der Waals surface area contributed by atoms with Crippen molar-refractivity contribution in [1.82, 2.24) is 30.7 Å². The molecule has 3 aromatic carbocycles. The highest BCUT2D eigenvalue weighted by Gasteiger charge is 2.27. The van der Waals surface area contributed by atoms with E-state index in [1.807, 2.05) is 71.5 Å². The number of benzene rings is 3. The third-order valence-electron chi connectivity index (χ3n) is 9.88. The lowest BCUT2D eigenvalue weighted by molar-refractivity contribution is -0.119. The summed E-state index contributed by atoms with van der Waals surface area (Å²) in [6.07, 6.45) is 4.78. The molecule has 2 fully saturated rings. The number of aromatic nitrogens is 3. The van der Waals surface area contributed by atoms with Gasteiger partial charge in [-0.3, -0.25) is 4.79 Å². The molecule has 1 aliphatic heterocycles. The van der Waals surface area contributed by atoms with Crippen LogP contribution in [0.15, 0.2) is 66.9 Å². The molecule has 5 aromatic rings. The molecule has 0 spiro atoms. The van der Waals surface area contributed by atoms with Crippen LogP contribution in [0.25, 0.3) is 39.0 Å². The lowest BCUT2D eigenvalue weighted by Gasteiger charge is -2.31. The Kier molecular flexibility index (Phi) is 10.4. The monoisotopic (exact) mass is 710 g/mol. The van der Waals surface area contributed by atoms with Gasteiger partial charge in [0.25, 0.3) is 0 Å². The van der Waals surface area contributed by atoms with Gasteiger partial charge in [0.05, 0.1) is 61.1 Å². The first-order valence-electron chi connectivity index (χ1n) is 17.3. The lowest BCUT2D eigenvalue weighted by Crippen LogP contribution is -2.36. The number of hydrogen-bond acceptors (Lipinski definition) is 9. The number of amides is 1. The summed E-state index contributed by atoms with van der Waals surface area (Å²) >= 11 is 7.18. The standard InChI is InChI=1S/C39H43ClN6O5/c1-49-35-16-26(17-36(50-2)32(35)21-41-18-23-14-27(47)15-23)46-34-9-5-6-28(31(34)22-43-46)29-7-4-8-30(38(29)40)33-12-10-24(39(45-33)51-3)19-42-20-25-11-13-37(48)44-25/h4-10,12,16-17,22-23,25,27,41-42,47H,11,13-15,18-21H2,1-3H3,(H,44,48)/t23?,25-,27?/m0/s1. The Labute approximate surface area is 302 Å². The maximum Gasteiger partial charge on any atom is 0.220 e. The summed E-state index contributed by atoms with van der Waals surface area (Å²) in [5.74, 6) is 2.52. The number of methoxy groups -OCH3 is 3. The minimum absolute atomic E-state index is 0.104. The van der Waals surface area contributed by atoms with E-state index < -0.39 is 0 Å². The predicted molar refractivity (Wildman–Crippen MR) is 198 cm³/mol. The van der Waals surface area contributed by atoms with Gasteiger partial charge >= 0.3 is 0 Å². The topological polar surface area (TPSA) is 132 Å². The molecular weight excluding hydrogens is 668 g/mol. The number of carbonyl (C=O) groups excluding carboxylic acids is 1. The molecule has 1 amide bonds. The number of pyridine rings is 1. The van der Waals surface area contributed by atoms with E-state index in [-0.39, 0.29) is 18.1 Å². The van der Waals surface area contributed by atoms with Gasteiger partial charge in [-0.05, 0) is 49.4 Å². The van der Waals surface area contributed by atoms with Gasteiger partial charge in [-0.25, -0.2) is 9.67 Å². The summed E-state index contributed by atoms with van der Waals surface area (Å²) in [5.41, 5.74) is 6.85. The number of ether oxygens (including phenoxy) is 3. The molecule has 1 atom stereocenters. The van der Waals surface area contributed by atoms with Crippen molar-refractivity contribution in [2.75, 3.05) is 34.4 Å². The van der Waals surface area contributed by atoms with Gasteiger partial charge in [0, 0.05) is 66.3 Å². The molecule has 12 heteroatoms. The van der Waals surface area contributed by atoms with Crippen molar-refractivity contribution >= 4 is 28.4 Å². The molecule has 0 radical (unpaired) electrons. The number of nitrogens with one attached hydrogen (secondary N) is 3. The van der Waals surface area contributed by atoms with Crippen LogP contribution < -0.4 is 30.2 Å². The number of hydrogen-bond donors (Lipinski definition) is 4. The van der Waals surface area contributed by atoms with Crippen LogP contribution in [0.3, 0.4) is 0 Å². The van der Waals surface area contributed by atoms with Crippen LogP contribution in [0.5, 0.6) is 17.4 Å². The fourth-order valence-electron chi connectivity index (χ4n) is 7.11. The van der Waals surface area contributed by atoms with E-state index in [0.717, 1.165) is 70.2 Å². The SMILES string of the molecule is COc1cc(-n2ncc3c(-c4cccc(-c5ccc(CNC[C@@H]6CCC(=O)N6)c(OC)n5)c4Cl)cccc32)cc(OC)c1CNCC1CC(O)C1. The Morgan fingerprint density at radius 2 is 1.65 bits per heavy atom. The largest absolute Gasteiger partial charge is 0.496 e. The molecule has 0 bridgehead atoms. The van der Waals surface area contributed by atoms with Crippen LogP contribution in [0.1, 0.15) is 36.8 Å². The average molecular weight is 711 g/mol. The molecule has 1 saturated carbocycles. The van der Waals surface area contributed by atoms with E-state index in [1.165, 1.54) is 0 Å². The van der Waals surface area contributed by atoms with E-state index in [0.29, 0.717) is 60.1 Å². The fourth-order valence-corrected chi connectivity index (χ4v) is 7.43. The Balaban J connectivity index is 1.15. The summed E-state index contributed by atoms with van der Waals surface area (Å²) in [6.45, 7) is 2.66. The highest BCUT2D eigenvalue weighted by molar-refractivity contribution is 6.36. The fraction of sp³-hybridized carbons (Fsp3) is 0.359. The van der Waals surface area contributed by atoms with E-state index in [2.05, 4.69) is 16.0 Å². The summed E-state index contributed by atoms with van der Waals surface area (Å²) in [7, 11) is 4.93. The number of rotatable bonds is 14. The first-order valence-corrected chi connectivity index (χ1v) is 17.7. The van der Waals surface area contributed by atoms with Crippen LogP contribution >= 0.6 is 11.6 Å². The predicted octanol–water partition coefficient (Wildman–Crippen LogP) is 5.66. The number of halogens is 1. The zero-order valence-electron chi connectivity index (χ0n) is 29.0. The zero-order chi connectivity index (χ0) is 35.5. The molecular formula is C39H43ClN6O5. The molecule has 11 nitrogen and oxygen atoms in total. The molecule has 7 rings (SSSR count). The molecule has 3 heterocycles. The quantitative estimate of drug-likeness (QED) is 0.115. The third-order valence-corrected chi connectivity index (χ3v) is 10.3. The number of aliphatic hydroxyl groups is 1. The van der Waals surface area contributed by atoms with Crippen molar-refractivity contribution in [1.29, 1.82) is 0 Å². The number of nitrogens with zero attached hydrogens (tertiary/aromatic N) is 3. The molecule has 51 heavy (non-hydrogen) atoms. The van der Waals surface area contributed by atoms with E-state index in [4.69, 9.17) is 35.9 Å². The number of carbonyl (C=O) groups is 1. The number of aliphatic hydroxyl groups excluding tert-OH is 1. The van der Waals surface area contributed by atoms with Crippen molar-refractivity contribution in [2.45, 2.75) is 50.9 Å². The highest BCUT2D eigenvalue weighted by Crippen LogP contribution is 2.40. The lowest BCUT2D eigenvalue weighted by atomic mass is 9.82. The van der Waals surface area contributed by atoms with Gasteiger partial charge in [-0.15, -0.1) is 0 Å². The van der Waals surface area contributed by atoms with Crippen LogP contribution in [0, 0.1) is 5.92 Å². The molecule has 0 unspecified atom stereocenters. The second kappa shape index (κ2) is 15.3. The molecule has 1 aliphatic carbocycles. The second-order valence-corrected chi connectivity index (χ2v) is 13.6. The summed E-state index contributed by atoms with van der Waals surface area (Å²) in [4.78, 5) is 16.4. The Morgan fingerprint density at radius 1 is 0.922 bits per heavy atom. The Hall–Kier alpha value is -4.68. The molecule has 2 aliphatic rings. The maximum absolute atomic E-state index is 11.5. The second-order valence-electron chi connectivity index (χ2n) is 13.2. The Bertz CT molecular complexity index is 2020. The van der Waals surface area contributed by atoms with Gasteiger partial charge in [-0.2, -0.15) is 5.10 Å². The van der Waals surface area contributed by atoms with Crippen molar-refractivity contribution in [2.24, 2.45) is 5.92 Å². The first kappa shape index (κ1) is 34.8. The van der Waals surface area contributed by atoms with E-state index in [1.54, 1.807) is 21.3 Å².